The third-order valence-corrected chi connectivity index (χ3v) is 4.54. The molecule has 0 aliphatic carbocycles. The van der Waals surface area contributed by atoms with Crippen molar-refractivity contribution in [3.05, 3.63) is 81.1 Å². The van der Waals surface area contributed by atoms with Crippen molar-refractivity contribution in [2.45, 2.75) is 0 Å². The summed E-state index contributed by atoms with van der Waals surface area (Å²) in [5.41, 5.74) is -0.842. The van der Waals surface area contributed by atoms with Gasteiger partial charge in [-0.1, -0.05) is 42.5 Å². The molecule has 0 unspecified atom stereocenters. The van der Waals surface area contributed by atoms with Gasteiger partial charge in [-0.05, 0) is 50.5 Å². The topological polar surface area (TPSA) is 34.1 Å². The minimum absolute atomic E-state index is 0.407. The van der Waals surface area contributed by atoms with Crippen LogP contribution in [0.15, 0.2) is 70.3 Å². The molecule has 0 aliphatic rings. The Labute approximate surface area is 124 Å². The number of hydrogen-bond acceptors (Lipinski definition) is 2. The monoisotopic (exact) mass is 282 g/mol. The van der Waals surface area contributed by atoms with Gasteiger partial charge in [0.15, 0.2) is 0 Å². The number of fused-ring (bicyclic) bond motifs is 2. The normalized spacial score (nSPS) is 12.0. The molecule has 0 saturated carbocycles. The lowest BCUT2D eigenvalue weighted by Crippen LogP contribution is -2.22. The van der Waals surface area contributed by atoms with Gasteiger partial charge in [-0.15, -0.1) is 0 Å². The lowest BCUT2D eigenvalue weighted by Gasteiger charge is -2.12. The van der Waals surface area contributed by atoms with E-state index >= 15 is 0 Å². The number of rotatable bonds is 0. The van der Waals surface area contributed by atoms with Gasteiger partial charge in [0, 0.05) is 10.8 Å². The fourth-order valence-electron chi connectivity index (χ4n) is 3.58. The average molecular weight is 282 g/mol. The van der Waals surface area contributed by atoms with E-state index in [-0.39, 0.29) is 0 Å². The lowest BCUT2D eigenvalue weighted by molar-refractivity contribution is 1.57. The maximum absolute atomic E-state index is 12.2. The molecular formula is C20H10O2. The van der Waals surface area contributed by atoms with Crippen LogP contribution in [0, 0.1) is 0 Å². The molecule has 0 N–H and O–H groups in total. The zero-order valence-corrected chi connectivity index (χ0v) is 11.6. The highest BCUT2D eigenvalue weighted by Gasteiger charge is 2.13. The Bertz CT molecular complexity index is 1300. The smallest absolute Gasteiger partial charge is 0.233 e. The highest BCUT2D eigenvalue weighted by Crippen LogP contribution is 2.36. The molecule has 5 aromatic carbocycles. The molecule has 5 rings (SSSR count). The van der Waals surface area contributed by atoms with Gasteiger partial charge < -0.3 is 0 Å². The fourth-order valence-corrected chi connectivity index (χ4v) is 3.58. The number of benzene rings is 5. The van der Waals surface area contributed by atoms with E-state index in [0.717, 1.165) is 26.9 Å². The summed E-state index contributed by atoms with van der Waals surface area (Å²) in [4.78, 5) is 24.0. The Morgan fingerprint density at radius 1 is 0.545 bits per heavy atom. The van der Waals surface area contributed by atoms with Crippen LogP contribution in [0.5, 0.6) is 0 Å². The molecular weight excluding hydrogens is 272 g/mol. The van der Waals surface area contributed by atoms with Crippen molar-refractivity contribution < 1.29 is 0 Å². The van der Waals surface area contributed by atoms with Crippen LogP contribution in [-0.2, 0) is 0 Å². The largest absolute Gasteiger partial charge is 0.286 e. The van der Waals surface area contributed by atoms with Crippen molar-refractivity contribution in [1.82, 2.24) is 0 Å². The highest BCUT2D eigenvalue weighted by molar-refractivity contribution is 6.28. The van der Waals surface area contributed by atoms with Crippen molar-refractivity contribution in [3.8, 4) is 0 Å². The van der Waals surface area contributed by atoms with E-state index in [1.807, 2.05) is 30.3 Å². The molecule has 22 heavy (non-hydrogen) atoms. The lowest BCUT2D eigenvalue weighted by atomic mass is 9.91. The van der Waals surface area contributed by atoms with Gasteiger partial charge in [-0.25, -0.2) is 0 Å². The second-order valence-electron chi connectivity index (χ2n) is 5.72. The molecule has 0 heterocycles. The first-order valence-electron chi connectivity index (χ1n) is 7.21. The van der Waals surface area contributed by atoms with E-state index in [2.05, 4.69) is 18.2 Å². The van der Waals surface area contributed by atoms with Gasteiger partial charge in [0.1, 0.15) is 0 Å². The Hall–Kier alpha value is -3.00. The van der Waals surface area contributed by atoms with Crippen LogP contribution < -0.4 is 10.9 Å². The van der Waals surface area contributed by atoms with Gasteiger partial charge in [-0.2, -0.15) is 0 Å². The number of hydrogen-bond donors (Lipinski definition) is 0. The molecule has 102 valence electrons. The summed E-state index contributed by atoms with van der Waals surface area (Å²) >= 11 is 0. The highest BCUT2D eigenvalue weighted by atomic mass is 16.2. The average Bonchev–Trinajstić information content (AvgIpc) is 2.55. The van der Waals surface area contributed by atoms with Crippen LogP contribution in [0.1, 0.15) is 0 Å². The summed E-state index contributed by atoms with van der Waals surface area (Å²) < 4.78 is 0. The predicted molar refractivity (Wildman–Crippen MR) is 91.4 cm³/mol. The molecule has 0 spiro atoms. The molecule has 0 radical (unpaired) electrons. The SMILES string of the molecule is O=c1cc2ccc3cc4ccccc4c4ccc(c1=O)c2c34. The molecule has 0 saturated heterocycles. The summed E-state index contributed by atoms with van der Waals surface area (Å²) in [7, 11) is 0. The summed E-state index contributed by atoms with van der Waals surface area (Å²) in [6.45, 7) is 0. The van der Waals surface area contributed by atoms with E-state index in [0.29, 0.717) is 5.39 Å². The molecule has 0 amide bonds. The summed E-state index contributed by atoms with van der Waals surface area (Å²) in [5, 5.41) is 7.93. The summed E-state index contributed by atoms with van der Waals surface area (Å²) in [6.07, 6.45) is 0. The van der Waals surface area contributed by atoms with Crippen molar-refractivity contribution in [3.63, 3.8) is 0 Å². The van der Waals surface area contributed by atoms with Gasteiger partial charge >= 0.3 is 0 Å². The van der Waals surface area contributed by atoms with Crippen LogP contribution in [0.25, 0.3) is 43.1 Å². The van der Waals surface area contributed by atoms with Gasteiger partial charge in [0.05, 0.1) is 0 Å². The molecule has 0 aliphatic heterocycles. The van der Waals surface area contributed by atoms with E-state index in [1.54, 1.807) is 6.07 Å². The Morgan fingerprint density at radius 3 is 2.09 bits per heavy atom. The van der Waals surface area contributed by atoms with Crippen LogP contribution >= 0.6 is 0 Å². The van der Waals surface area contributed by atoms with Crippen molar-refractivity contribution >= 4 is 43.1 Å². The van der Waals surface area contributed by atoms with Crippen molar-refractivity contribution in [2.24, 2.45) is 0 Å². The summed E-state index contributed by atoms with van der Waals surface area (Å²) in [6, 6.07) is 19.6. The molecule has 2 nitrogen and oxygen atoms in total. The predicted octanol–water partition coefficient (Wildman–Crippen LogP) is 3.90. The quantitative estimate of drug-likeness (QED) is 0.245. The second-order valence-corrected chi connectivity index (χ2v) is 5.72. The zero-order valence-electron chi connectivity index (χ0n) is 11.6. The van der Waals surface area contributed by atoms with Gasteiger partial charge in [0.25, 0.3) is 0 Å². The van der Waals surface area contributed by atoms with Gasteiger partial charge in [-0.3, -0.25) is 9.59 Å². The third-order valence-electron chi connectivity index (χ3n) is 4.54. The van der Waals surface area contributed by atoms with Crippen LogP contribution in [0.4, 0.5) is 0 Å². The van der Waals surface area contributed by atoms with E-state index in [4.69, 9.17) is 0 Å². The van der Waals surface area contributed by atoms with E-state index in [9.17, 15) is 9.59 Å². The van der Waals surface area contributed by atoms with E-state index < -0.39 is 10.9 Å². The Morgan fingerprint density at radius 2 is 1.23 bits per heavy atom. The second kappa shape index (κ2) is 3.80. The van der Waals surface area contributed by atoms with Crippen LogP contribution in [-0.4, -0.2) is 0 Å². The summed E-state index contributed by atoms with van der Waals surface area (Å²) in [5.74, 6) is 0. The molecule has 0 aromatic heterocycles. The minimum Gasteiger partial charge on any atom is -0.286 e. The van der Waals surface area contributed by atoms with Gasteiger partial charge in [0.2, 0.25) is 10.9 Å². The fraction of sp³-hybridized carbons (Fsp3) is 0. The molecule has 5 aromatic rings. The maximum Gasteiger partial charge on any atom is 0.233 e. The Balaban J connectivity index is 2.24. The van der Waals surface area contributed by atoms with Crippen molar-refractivity contribution in [2.75, 3.05) is 0 Å². The maximum atomic E-state index is 12.2. The standard InChI is InChI=1S/C20H10O2/c21-17-10-13-6-5-12-9-11-3-1-2-4-14(11)15-7-8-16(20(17)22)19(13)18(12)15/h1-10H. The van der Waals surface area contributed by atoms with Crippen molar-refractivity contribution in [1.29, 1.82) is 0 Å². The molecule has 0 atom stereocenters. The van der Waals surface area contributed by atoms with E-state index in [1.165, 1.54) is 16.8 Å². The Kier molecular flexibility index (Phi) is 2.01. The minimum atomic E-state index is -0.435. The first-order chi connectivity index (χ1) is 10.7. The van der Waals surface area contributed by atoms with Crippen LogP contribution in [0.3, 0.4) is 0 Å². The molecule has 0 bridgehead atoms. The third kappa shape index (κ3) is 1.29. The zero-order chi connectivity index (χ0) is 14.8. The molecule has 0 fully saturated rings. The first-order valence-corrected chi connectivity index (χ1v) is 7.21. The molecule has 2 heteroatoms. The first kappa shape index (κ1) is 11.6. The van der Waals surface area contributed by atoms with Crippen LogP contribution in [0.2, 0.25) is 0 Å².